The zero-order valence-corrected chi connectivity index (χ0v) is 8.07. The smallest absolute Gasteiger partial charge is 0.182 e. The molecule has 0 fully saturated rings. The van der Waals surface area contributed by atoms with Gasteiger partial charge in [-0.15, -0.1) is 6.42 Å². The van der Waals surface area contributed by atoms with Gasteiger partial charge in [-0.3, -0.25) is 0 Å². The summed E-state index contributed by atoms with van der Waals surface area (Å²) < 4.78 is 18.2. The van der Waals surface area contributed by atoms with Crippen LogP contribution < -0.4 is 4.74 Å². The van der Waals surface area contributed by atoms with Crippen LogP contribution in [0, 0.1) is 25.1 Å². The summed E-state index contributed by atoms with van der Waals surface area (Å²) >= 11 is 5.79. The highest BCUT2D eigenvalue weighted by Gasteiger charge is 2.13. The molecular formula is C10H8ClFO. The third-order valence-electron chi connectivity index (χ3n) is 1.71. The fraction of sp³-hybridized carbons (Fsp3) is 0.200. The Bertz CT molecular complexity index is 379. The van der Waals surface area contributed by atoms with Gasteiger partial charge in [0.25, 0.3) is 0 Å². The van der Waals surface area contributed by atoms with Gasteiger partial charge in [-0.05, 0) is 18.6 Å². The molecule has 0 aliphatic rings. The van der Waals surface area contributed by atoms with Gasteiger partial charge in [0.2, 0.25) is 0 Å². The molecule has 0 unspecified atom stereocenters. The van der Waals surface area contributed by atoms with E-state index in [1.165, 1.54) is 13.2 Å². The van der Waals surface area contributed by atoms with Crippen LogP contribution in [0.15, 0.2) is 6.07 Å². The van der Waals surface area contributed by atoms with Crippen molar-refractivity contribution in [1.29, 1.82) is 0 Å². The van der Waals surface area contributed by atoms with E-state index >= 15 is 0 Å². The van der Waals surface area contributed by atoms with E-state index in [-0.39, 0.29) is 16.3 Å². The molecule has 0 heterocycles. The van der Waals surface area contributed by atoms with Crippen LogP contribution in [-0.2, 0) is 0 Å². The summed E-state index contributed by atoms with van der Waals surface area (Å²) in [6.45, 7) is 1.74. The summed E-state index contributed by atoms with van der Waals surface area (Å²) in [7, 11) is 1.38. The zero-order valence-electron chi connectivity index (χ0n) is 7.32. The first kappa shape index (κ1) is 9.88. The molecule has 0 atom stereocenters. The number of hydrogen-bond acceptors (Lipinski definition) is 1. The van der Waals surface area contributed by atoms with Crippen LogP contribution in [0.25, 0.3) is 0 Å². The standard InChI is InChI=1S/C10H8ClFO/c1-4-7-9(11)6(2)5-8(13-3)10(7)12/h1,5H,2-3H3. The predicted octanol–water partition coefficient (Wildman–Crippen LogP) is 2.78. The number of hydrogen-bond donors (Lipinski definition) is 0. The van der Waals surface area contributed by atoms with E-state index in [4.69, 9.17) is 22.8 Å². The molecule has 3 heteroatoms. The summed E-state index contributed by atoms with van der Waals surface area (Å²) in [6, 6.07) is 1.51. The van der Waals surface area contributed by atoms with Crippen molar-refractivity contribution in [1.82, 2.24) is 0 Å². The second kappa shape index (κ2) is 3.68. The zero-order chi connectivity index (χ0) is 10.0. The van der Waals surface area contributed by atoms with Crippen LogP contribution in [-0.4, -0.2) is 7.11 Å². The lowest BCUT2D eigenvalue weighted by atomic mass is 10.1. The fourth-order valence-corrected chi connectivity index (χ4v) is 1.21. The first-order valence-electron chi connectivity index (χ1n) is 3.61. The Kier molecular flexibility index (Phi) is 2.79. The van der Waals surface area contributed by atoms with Crippen molar-refractivity contribution in [2.45, 2.75) is 6.92 Å². The van der Waals surface area contributed by atoms with Gasteiger partial charge in [0, 0.05) is 0 Å². The number of aryl methyl sites for hydroxylation is 1. The summed E-state index contributed by atoms with van der Waals surface area (Å²) in [6.07, 6.45) is 5.11. The lowest BCUT2D eigenvalue weighted by Gasteiger charge is -2.07. The molecule has 0 radical (unpaired) electrons. The molecule has 1 aromatic carbocycles. The Hall–Kier alpha value is -1.20. The Morgan fingerprint density at radius 2 is 2.23 bits per heavy atom. The third kappa shape index (κ3) is 1.61. The highest BCUT2D eigenvalue weighted by molar-refractivity contribution is 6.32. The van der Waals surface area contributed by atoms with E-state index in [2.05, 4.69) is 5.92 Å². The maximum absolute atomic E-state index is 13.4. The second-order valence-corrected chi connectivity index (χ2v) is 2.92. The monoisotopic (exact) mass is 198 g/mol. The summed E-state index contributed by atoms with van der Waals surface area (Å²) in [5.41, 5.74) is 0.756. The Morgan fingerprint density at radius 3 is 2.69 bits per heavy atom. The van der Waals surface area contributed by atoms with Crippen LogP contribution in [0.4, 0.5) is 4.39 Å². The van der Waals surface area contributed by atoms with Crippen LogP contribution in [0.3, 0.4) is 0 Å². The predicted molar refractivity (Wildman–Crippen MR) is 50.6 cm³/mol. The van der Waals surface area contributed by atoms with E-state index < -0.39 is 5.82 Å². The van der Waals surface area contributed by atoms with Crippen molar-refractivity contribution in [2.75, 3.05) is 7.11 Å². The third-order valence-corrected chi connectivity index (χ3v) is 2.20. The molecule has 0 bridgehead atoms. The minimum absolute atomic E-state index is 0.0542. The SMILES string of the molecule is C#Cc1c(F)c(OC)cc(C)c1Cl. The molecule has 13 heavy (non-hydrogen) atoms. The van der Waals surface area contributed by atoms with E-state index in [0.29, 0.717) is 5.56 Å². The van der Waals surface area contributed by atoms with Crippen molar-refractivity contribution in [3.05, 3.63) is 28.0 Å². The number of terminal acetylenes is 1. The van der Waals surface area contributed by atoms with Gasteiger partial charge >= 0.3 is 0 Å². The molecule has 1 nitrogen and oxygen atoms in total. The Labute approximate surface area is 81.5 Å². The second-order valence-electron chi connectivity index (χ2n) is 2.54. The number of benzene rings is 1. The largest absolute Gasteiger partial charge is 0.494 e. The van der Waals surface area contributed by atoms with E-state index in [1.807, 2.05) is 0 Å². The number of methoxy groups -OCH3 is 1. The van der Waals surface area contributed by atoms with Crippen molar-refractivity contribution in [2.24, 2.45) is 0 Å². The normalized spacial score (nSPS) is 9.46. The van der Waals surface area contributed by atoms with Gasteiger partial charge in [-0.25, -0.2) is 4.39 Å². The Morgan fingerprint density at radius 1 is 1.62 bits per heavy atom. The van der Waals surface area contributed by atoms with Crippen LogP contribution in [0.2, 0.25) is 5.02 Å². The topological polar surface area (TPSA) is 9.23 Å². The summed E-state index contributed by atoms with van der Waals surface area (Å²) in [5.74, 6) is 1.73. The van der Waals surface area contributed by atoms with Crippen LogP contribution in [0.5, 0.6) is 5.75 Å². The van der Waals surface area contributed by atoms with Gasteiger partial charge in [-0.2, -0.15) is 0 Å². The van der Waals surface area contributed by atoms with Crippen molar-refractivity contribution in [3.63, 3.8) is 0 Å². The fourth-order valence-electron chi connectivity index (χ4n) is 1.02. The number of halogens is 2. The van der Waals surface area contributed by atoms with Crippen molar-refractivity contribution < 1.29 is 9.13 Å². The average Bonchev–Trinajstić information content (AvgIpc) is 2.12. The molecule has 1 rings (SSSR count). The van der Waals surface area contributed by atoms with E-state index in [1.54, 1.807) is 6.92 Å². The quantitative estimate of drug-likeness (QED) is 0.631. The lowest BCUT2D eigenvalue weighted by molar-refractivity contribution is 0.385. The molecule has 68 valence electrons. The maximum atomic E-state index is 13.4. The van der Waals surface area contributed by atoms with Crippen LogP contribution >= 0.6 is 11.6 Å². The summed E-state index contributed by atoms with van der Waals surface area (Å²) in [4.78, 5) is 0. The maximum Gasteiger partial charge on any atom is 0.182 e. The molecule has 0 aromatic heterocycles. The molecule has 0 amide bonds. The number of rotatable bonds is 1. The molecule has 0 saturated carbocycles. The molecule has 0 N–H and O–H groups in total. The van der Waals surface area contributed by atoms with Crippen LogP contribution in [0.1, 0.15) is 11.1 Å². The molecule has 0 aliphatic carbocycles. The Balaban J connectivity index is 3.50. The highest BCUT2D eigenvalue weighted by atomic mass is 35.5. The van der Waals surface area contributed by atoms with Gasteiger partial charge in [0.1, 0.15) is 0 Å². The van der Waals surface area contributed by atoms with Gasteiger partial charge < -0.3 is 4.74 Å². The van der Waals surface area contributed by atoms with Gasteiger partial charge in [-0.1, -0.05) is 17.5 Å². The number of ether oxygens (including phenoxy) is 1. The minimum Gasteiger partial charge on any atom is -0.494 e. The average molecular weight is 199 g/mol. The summed E-state index contributed by atoms with van der Waals surface area (Å²) in [5, 5.41) is 0.265. The first-order valence-corrected chi connectivity index (χ1v) is 3.98. The molecule has 1 aromatic rings. The molecule has 0 saturated heterocycles. The van der Waals surface area contributed by atoms with Crippen molar-refractivity contribution >= 4 is 11.6 Å². The molecule has 0 spiro atoms. The van der Waals surface area contributed by atoms with Gasteiger partial charge in [0.05, 0.1) is 17.7 Å². The highest BCUT2D eigenvalue weighted by Crippen LogP contribution is 2.29. The first-order chi connectivity index (χ1) is 6.11. The van der Waals surface area contributed by atoms with Crippen molar-refractivity contribution in [3.8, 4) is 18.1 Å². The van der Waals surface area contributed by atoms with E-state index in [0.717, 1.165) is 0 Å². The molecular weight excluding hydrogens is 191 g/mol. The molecule has 0 aliphatic heterocycles. The van der Waals surface area contributed by atoms with Gasteiger partial charge in [0.15, 0.2) is 11.6 Å². The van der Waals surface area contributed by atoms with E-state index in [9.17, 15) is 4.39 Å². The lowest BCUT2D eigenvalue weighted by Crippen LogP contribution is -1.94. The minimum atomic E-state index is -0.583.